The van der Waals surface area contributed by atoms with Crippen LogP contribution in [0.4, 0.5) is 4.39 Å². The fourth-order valence-corrected chi connectivity index (χ4v) is 5.57. The number of aromatic nitrogens is 1. The van der Waals surface area contributed by atoms with E-state index in [4.69, 9.17) is 0 Å². The summed E-state index contributed by atoms with van der Waals surface area (Å²) in [6, 6.07) is 13.0. The third-order valence-corrected chi connectivity index (χ3v) is 7.37. The van der Waals surface area contributed by atoms with Crippen molar-refractivity contribution in [3.63, 3.8) is 0 Å². The fraction of sp³-hybridized carbons (Fsp3) is 0.348. The van der Waals surface area contributed by atoms with Crippen LogP contribution < -0.4 is 5.32 Å². The Kier molecular flexibility index (Phi) is 4.09. The first-order valence-corrected chi connectivity index (χ1v) is 10.8. The van der Waals surface area contributed by atoms with Crippen molar-refractivity contribution < 1.29 is 9.18 Å². The van der Waals surface area contributed by atoms with Crippen LogP contribution in [0.1, 0.15) is 48.5 Å². The van der Waals surface area contributed by atoms with Gasteiger partial charge in [-0.15, -0.1) is 0 Å². The summed E-state index contributed by atoms with van der Waals surface area (Å²) in [6.07, 6.45) is 6.29. The molecule has 144 valence electrons. The highest BCUT2D eigenvalue weighted by Gasteiger charge is 2.67. The van der Waals surface area contributed by atoms with Gasteiger partial charge in [-0.05, 0) is 83.2 Å². The lowest BCUT2D eigenvalue weighted by molar-refractivity contribution is -0.149. The van der Waals surface area contributed by atoms with Crippen LogP contribution in [-0.2, 0) is 6.54 Å². The quantitative estimate of drug-likeness (QED) is 0.474. The zero-order valence-corrected chi connectivity index (χ0v) is 17.9. The van der Waals surface area contributed by atoms with E-state index < -0.39 is 0 Å². The zero-order chi connectivity index (χ0) is 19.5. The third kappa shape index (κ3) is 2.78. The summed E-state index contributed by atoms with van der Waals surface area (Å²) in [5, 5.41) is 3.76. The standard InChI is InChI=1S/C23H22FIN2O/c1-2-22-12-23(13-22,14-22)26-21(28)18-7-8-19(24)17-9-10-27(20(17)18)11-15-3-5-16(25)6-4-15/h3-10H,2,11-14H2,1H3,(H,26,28). The van der Waals surface area contributed by atoms with Crippen molar-refractivity contribution in [3.8, 4) is 0 Å². The van der Waals surface area contributed by atoms with Gasteiger partial charge >= 0.3 is 0 Å². The molecule has 2 bridgehead atoms. The van der Waals surface area contributed by atoms with Crippen molar-refractivity contribution in [2.24, 2.45) is 5.41 Å². The normalized spacial score (nSPS) is 25.2. The van der Waals surface area contributed by atoms with Crippen LogP contribution in [0.2, 0.25) is 0 Å². The molecule has 0 radical (unpaired) electrons. The molecule has 0 atom stereocenters. The minimum absolute atomic E-state index is 0.0264. The van der Waals surface area contributed by atoms with E-state index in [1.807, 2.05) is 10.8 Å². The van der Waals surface area contributed by atoms with E-state index in [9.17, 15) is 9.18 Å². The molecule has 1 amide bonds. The number of fused-ring (bicyclic) bond motifs is 1. The second-order valence-electron chi connectivity index (χ2n) is 8.55. The summed E-state index contributed by atoms with van der Waals surface area (Å²) in [6.45, 7) is 2.83. The van der Waals surface area contributed by atoms with E-state index in [-0.39, 0.29) is 17.3 Å². The molecule has 5 heteroatoms. The summed E-state index contributed by atoms with van der Waals surface area (Å²) >= 11 is 2.28. The monoisotopic (exact) mass is 488 g/mol. The third-order valence-electron chi connectivity index (χ3n) is 6.65. The second-order valence-corrected chi connectivity index (χ2v) is 9.79. The summed E-state index contributed by atoms with van der Waals surface area (Å²) in [5.74, 6) is -0.375. The molecule has 3 nitrogen and oxygen atoms in total. The lowest BCUT2D eigenvalue weighted by atomic mass is 9.38. The molecule has 3 aliphatic rings. The van der Waals surface area contributed by atoms with Crippen LogP contribution in [0.3, 0.4) is 0 Å². The van der Waals surface area contributed by atoms with Gasteiger partial charge in [0.05, 0.1) is 11.1 Å². The van der Waals surface area contributed by atoms with Gasteiger partial charge in [-0.1, -0.05) is 25.5 Å². The maximum Gasteiger partial charge on any atom is 0.253 e. The molecule has 0 unspecified atom stereocenters. The first-order chi connectivity index (χ1) is 13.4. The van der Waals surface area contributed by atoms with Crippen molar-refractivity contribution in [2.45, 2.75) is 44.7 Å². The number of nitrogens with zero attached hydrogens (tertiary/aromatic N) is 1. The molecule has 1 aromatic heterocycles. The smallest absolute Gasteiger partial charge is 0.253 e. The second kappa shape index (κ2) is 6.31. The van der Waals surface area contributed by atoms with Crippen LogP contribution in [0, 0.1) is 14.8 Å². The molecule has 3 fully saturated rings. The molecule has 0 saturated heterocycles. The topological polar surface area (TPSA) is 34.0 Å². The Hall–Kier alpha value is -1.89. The maximum atomic E-state index is 14.4. The Morgan fingerprint density at radius 3 is 2.54 bits per heavy atom. The Morgan fingerprint density at radius 1 is 1.14 bits per heavy atom. The minimum atomic E-state index is -0.289. The average Bonchev–Trinajstić information content (AvgIpc) is 3.03. The van der Waals surface area contributed by atoms with Gasteiger partial charge in [-0.3, -0.25) is 4.79 Å². The molecule has 1 N–H and O–H groups in total. The number of hydrogen-bond donors (Lipinski definition) is 1. The predicted octanol–water partition coefficient (Wildman–Crippen LogP) is 5.50. The van der Waals surface area contributed by atoms with Crippen LogP contribution in [0.25, 0.3) is 10.9 Å². The molecule has 3 aromatic rings. The maximum absolute atomic E-state index is 14.4. The Labute approximate surface area is 177 Å². The van der Waals surface area contributed by atoms with Crippen molar-refractivity contribution in [1.29, 1.82) is 0 Å². The summed E-state index contributed by atoms with van der Waals surface area (Å²) in [4.78, 5) is 13.1. The van der Waals surface area contributed by atoms with Gasteiger partial charge in [-0.25, -0.2) is 4.39 Å². The zero-order valence-electron chi connectivity index (χ0n) is 15.8. The molecule has 28 heavy (non-hydrogen) atoms. The largest absolute Gasteiger partial charge is 0.346 e. The molecule has 2 aromatic carbocycles. The van der Waals surface area contributed by atoms with Crippen molar-refractivity contribution in [1.82, 2.24) is 9.88 Å². The van der Waals surface area contributed by atoms with Gasteiger partial charge in [-0.2, -0.15) is 0 Å². The number of carbonyl (C=O) groups excluding carboxylic acids is 1. The molecule has 0 spiro atoms. The van der Waals surface area contributed by atoms with Crippen LogP contribution in [0.15, 0.2) is 48.7 Å². The highest BCUT2D eigenvalue weighted by Crippen LogP contribution is 2.68. The molecule has 6 rings (SSSR count). The highest BCUT2D eigenvalue weighted by atomic mass is 127. The number of nitrogens with one attached hydrogen (secondary N) is 1. The Morgan fingerprint density at radius 2 is 1.86 bits per heavy atom. The van der Waals surface area contributed by atoms with Crippen molar-refractivity contribution in [2.75, 3.05) is 0 Å². The molecule has 1 heterocycles. The fourth-order valence-electron chi connectivity index (χ4n) is 5.21. The van der Waals surface area contributed by atoms with E-state index >= 15 is 0 Å². The van der Waals surface area contributed by atoms with Crippen LogP contribution in [-0.4, -0.2) is 16.0 Å². The summed E-state index contributed by atoms with van der Waals surface area (Å²) < 4.78 is 17.6. The number of halogens is 2. The van der Waals surface area contributed by atoms with E-state index in [0.29, 0.717) is 28.4 Å². The molecular weight excluding hydrogens is 466 g/mol. The first kappa shape index (κ1) is 18.2. The van der Waals surface area contributed by atoms with E-state index in [1.54, 1.807) is 12.1 Å². The van der Waals surface area contributed by atoms with E-state index in [1.165, 1.54) is 16.1 Å². The highest BCUT2D eigenvalue weighted by molar-refractivity contribution is 14.1. The molecular formula is C23H22FIN2O. The first-order valence-electron chi connectivity index (χ1n) is 9.77. The number of benzene rings is 2. The number of hydrogen-bond acceptors (Lipinski definition) is 1. The van der Waals surface area contributed by atoms with Gasteiger partial charge in [0.25, 0.3) is 5.91 Å². The number of carbonyl (C=O) groups is 1. The average molecular weight is 488 g/mol. The number of rotatable bonds is 5. The SMILES string of the molecule is CCC12CC(NC(=O)c3ccc(F)c4ccn(Cc5ccc(I)cc5)c34)(C1)C2. The van der Waals surface area contributed by atoms with Crippen LogP contribution >= 0.6 is 22.6 Å². The number of amides is 1. The van der Waals surface area contributed by atoms with Gasteiger partial charge in [0.2, 0.25) is 0 Å². The van der Waals surface area contributed by atoms with Crippen molar-refractivity contribution in [3.05, 3.63) is 69.2 Å². The summed E-state index contributed by atoms with van der Waals surface area (Å²) in [7, 11) is 0. The predicted molar refractivity (Wildman–Crippen MR) is 117 cm³/mol. The minimum Gasteiger partial charge on any atom is -0.346 e. The van der Waals surface area contributed by atoms with Gasteiger partial charge in [0.15, 0.2) is 0 Å². The lowest BCUT2D eigenvalue weighted by Crippen LogP contribution is -2.74. The van der Waals surface area contributed by atoms with Gasteiger partial charge in [0, 0.05) is 27.2 Å². The van der Waals surface area contributed by atoms with Gasteiger partial charge in [0.1, 0.15) is 5.82 Å². The Bertz CT molecular complexity index is 1070. The Balaban J connectivity index is 1.47. The van der Waals surface area contributed by atoms with E-state index in [2.05, 4.69) is 59.1 Å². The summed E-state index contributed by atoms with van der Waals surface area (Å²) in [5.41, 5.74) is 2.80. The van der Waals surface area contributed by atoms with Crippen LogP contribution in [0.5, 0.6) is 0 Å². The molecule has 3 aliphatic carbocycles. The molecule has 0 aliphatic heterocycles. The van der Waals surface area contributed by atoms with Gasteiger partial charge < -0.3 is 9.88 Å². The van der Waals surface area contributed by atoms with E-state index in [0.717, 1.165) is 24.8 Å². The van der Waals surface area contributed by atoms with Crippen molar-refractivity contribution >= 4 is 39.4 Å². The lowest BCUT2D eigenvalue weighted by Gasteiger charge is -2.70. The molecule has 3 saturated carbocycles.